The van der Waals surface area contributed by atoms with Gasteiger partial charge in [-0.3, -0.25) is 9.97 Å². The molecule has 0 radical (unpaired) electrons. The number of nitrogens with zero attached hydrogens (tertiary/aromatic N) is 4. The average molecular weight is 851 g/mol. The van der Waals surface area contributed by atoms with Crippen LogP contribution in [0.4, 0.5) is 35.1 Å². The molecule has 0 aliphatic heterocycles. The van der Waals surface area contributed by atoms with Gasteiger partial charge >= 0.3 is 24.3 Å². The van der Waals surface area contributed by atoms with Gasteiger partial charge < -0.3 is 19.3 Å². The van der Waals surface area contributed by atoms with Crippen molar-refractivity contribution in [2.24, 2.45) is 0 Å². The molecule has 0 aliphatic rings. The molecule has 18 heteroatoms. The largest absolute Gasteiger partial charge is 0.504 e. The van der Waals surface area contributed by atoms with E-state index in [2.05, 4.69) is 29.4 Å². The van der Waals surface area contributed by atoms with Gasteiger partial charge in [0.05, 0.1) is 14.2 Å². The Hall–Kier alpha value is -7.24. The highest BCUT2D eigenvalue weighted by molar-refractivity contribution is 6.00. The van der Waals surface area contributed by atoms with Crippen molar-refractivity contribution in [2.45, 2.75) is 31.8 Å². The number of pyridine rings is 4. The van der Waals surface area contributed by atoms with E-state index in [0.29, 0.717) is 22.3 Å². The van der Waals surface area contributed by atoms with Crippen LogP contribution in [-0.2, 0) is 41.3 Å². The minimum absolute atomic E-state index is 0.0218. The molecule has 0 atom stereocenters. The number of benzene rings is 3. The van der Waals surface area contributed by atoms with Crippen molar-refractivity contribution in [3.05, 3.63) is 166 Å². The molecular formula is C43H30F8N4O6. The summed E-state index contributed by atoms with van der Waals surface area (Å²) >= 11 is 0. The number of rotatable bonds is 9. The number of carbonyl (C=O) groups is 2. The molecule has 4 heterocycles. The van der Waals surface area contributed by atoms with Crippen molar-refractivity contribution in [2.75, 3.05) is 14.2 Å². The van der Waals surface area contributed by atoms with E-state index in [4.69, 9.17) is 4.74 Å². The molecule has 4 aromatic heterocycles. The van der Waals surface area contributed by atoms with Crippen LogP contribution in [0.15, 0.2) is 103 Å². The number of aromatic hydroxyl groups is 1. The van der Waals surface area contributed by atoms with E-state index >= 15 is 0 Å². The molecule has 0 saturated heterocycles. The van der Waals surface area contributed by atoms with Crippen molar-refractivity contribution in [3.8, 4) is 11.5 Å². The van der Waals surface area contributed by atoms with E-state index in [1.54, 1.807) is 24.3 Å². The Morgan fingerprint density at radius 2 is 1.03 bits per heavy atom. The van der Waals surface area contributed by atoms with Gasteiger partial charge in [0.2, 0.25) is 0 Å². The van der Waals surface area contributed by atoms with Crippen molar-refractivity contribution < 1.29 is 64.0 Å². The fourth-order valence-corrected chi connectivity index (χ4v) is 6.06. The van der Waals surface area contributed by atoms with E-state index in [1.807, 2.05) is 6.07 Å². The molecule has 1 N–H and O–H groups in total. The Balaban J connectivity index is 0.000000210. The number of halogens is 8. The maximum atomic E-state index is 13.9. The lowest BCUT2D eigenvalue weighted by atomic mass is 10.0. The summed E-state index contributed by atoms with van der Waals surface area (Å²) in [5, 5.41) is 9.35. The number of ether oxygens (including phenoxy) is 3. The summed E-state index contributed by atoms with van der Waals surface area (Å²) in [4.78, 5) is 38.9. The molecule has 7 rings (SSSR count). The van der Waals surface area contributed by atoms with Crippen LogP contribution in [0.25, 0.3) is 21.8 Å². The van der Waals surface area contributed by atoms with Crippen LogP contribution >= 0.6 is 0 Å². The molecule has 10 nitrogen and oxygen atoms in total. The third kappa shape index (κ3) is 10.1. The van der Waals surface area contributed by atoms with Gasteiger partial charge in [0.1, 0.15) is 29.3 Å². The second-order valence-corrected chi connectivity index (χ2v) is 13.1. The number of fused-ring (bicyclic) bond motifs is 2. The van der Waals surface area contributed by atoms with Gasteiger partial charge in [0.25, 0.3) is 0 Å². The Labute approximate surface area is 340 Å². The SMILES string of the molecule is COC(=O)c1nc(C(F)(F)F)c2cc(Cc3ccc(F)cc3)cnc2c1O.COC(=O)c1nc(C(F)(F)F)c2cc(Cc3ccc(F)cc3)cnc2c1OCc1ccccc1. The second-order valence-electron chi connectivity index (χ2n) is 13.1. The molecule has 0 spiro atoms. The van der Waals surface area contributed by atoms with Gasteiger partial charge in [0.15, 0.2) is 34.3 Å². The van der Waals surface area contributed by atoms with E-state index in [1.165, 1.54) is 73.1 Å². The summed E-state index contributed by atoms with van der Waals surface area (Å²) in [7, 11) is 2.00. The van der Waals surface area contributed by atoms with Crippen LogP contribution in [0.3, 0.4) is 0 Å². The van der Waals surface area contributed by atoms with Crippen molar-refractivity contribution in [1.29, 1.82) is 0 Å². The summed E-state index contributed by atoms with van der Waals surface area (Å²) in [6.45, 7) is -0.0218. The number of hydrogen-bond donors (Lipinski definition) is 1. The highest BCUT2D eigenvalue weighted by Gasteiger charge is 2.39. The third-order valence-corrected chi connectivity index (χ3v) is 8.89. The van der Waals surface area contributed by atoms with E-state index in [0.717, 1.165) is 19.8 Å². The molecule has 0 fully saturated rings. The highest BCUT2D eigenvalue weighted by Crippen LogP contribution is 2.40. The van der Waals surface area contributed by atoms with Crippen LogP contribution in [0.5, 0.6) is 11.5 Å². The molecule has 0 amide bonds. The van der Waals surface area contributed by atoms with Crippen LogP contribution in [0, 0.1) is 11.6 Å². The highest BCUT2D eigenvalue weighted by atomic mass is 19.4. The second kappa shape index (κ2) is 17.9. The van der Waals surface area contributed by atoms with Crippen LogP contribution in [-0.4, -0.2) is 51.2 Å². The zero-order valence-electron chi connectivity index (χ0n) is 31.7. The minimum Gasteiger partial charge on any atom is -0.504 e. The van der Waals surface area contributed by atoms with E-state index in [9.17, 15) is 49.8 Å². The van der Waals surface area contributed by atoms with Gasteiger partial charge in [-0.25, -0.2) is 28.3 Å². The fourth-order valence-electron chi connectivity index (χ4n) is 6.06. The monoisotopic (exact) mass is 850 g/mol. The van der Waals surface area contributed by atoms with Crippen LogP contribution in [0.1, 0.15) is 60.2 Å². The summed E-state index contributed by atoms with van der Waals surface area (Å²) in [6, 6.07) is 22.5. The van der Waals surface area contributed by atoms with Gasteiger partial charge in [-0.1, -0.05) is 54.6 Å². The molecule has 0 saturated carbocycles. The quantitative estimate of drug-likeness (QED) is 0.111. The number of hydrogen-bond acceptors (Lipinski definition) is 10. The molecule has 314 valence electrons. The zero-order valence-corrected chi connectivity index (χ0v) is 31.7. The molecular weight excluding hydrogens is 820 g/mol. The predicted octanol–water partition coefficient (Wildman–Crippen LogP) is 9.61. The maximum Gasteiger partial charge on any atom is 0.434 e. The molecule has 3 aromatic carbocycles. The summed E-state index contributed by atoms with van der Waals surface area (Å²) in [5.74, 6) is -4.13. The van der Waals surface area contributed by atoms with Crippen molar-refractivity contribution in [3.63, 3.8) is 0 Å². The topological polar surface area (TPSA) is 134 Å². The molecule has 0 bridgehead atoms. The predicted molar refractivity (Wildman–Crippen MR) is 203 cm³/mol. The number of alkyl halides is 6. The Morgan fingerprint density at radius 3 is 1.51 bits per heavy atom. The number of methoxy groups -OCH3 is 2. The number of esters is 2. The lowest BCUT2D eigenvalue weighted by Gasteiger charge is -2.17. The van der Waals surface area contributed by atoms with Gasteiger partial charge in [-0.2, -0.15) is 26.3 Å². The maximum absolute atomic E-state index is 13.9. The standard InChI is InChI=1S/C25H18F4N2O3.C18H12F4N2O3/c1-33-24(32)21-22(34-14-16-5-3-2-4-6-16)20-19(23(31-21)25(27,28)29)12-17(13-30-20)11-15-7-9-18(26)10-8-15;1-27-17(26)14-15(25)13-12(16(24-14)18(20,21)22)7-10(8-23-13)6-9-2-4-11(19)5-3-9/h2-10,12-13H,11,14H2,1H3;2-5,7-8,25H,6H2,1H3. The molecule has 7 aromatic rings. The Bertz CT molecular complexity index is 2710. The van der Waals surface area contributed by atoms with E-state index < -0.39 is 75.4 Å². The summed E-state index contributed by atoms with van der Waals surface area (Å²) in [6.07, 6.45) is -6.67. The van der Waals surface area contributed by atoms with Crippen LogP contribution in [0.2, 0.25) is 0 Å². The first kappa shape index (κ1) is 43.3. The molecule has 0 unspecified atom stereocenters. The summed E-state index contributed by atoms with van der Waals surface area (Å²) < 4.78 is 123. The van der Waals surface area contributed by atoms with Crippen LogP contribution < -0.4 is 4.74 Å². The lowest BCUT2D eigenvalue weighted by Crippen LogP contribution is -2.16. The molecule has 61 heavy (non-hydrogen) atoms. The Morgan fingerprint density at radius 1 is 0.590 bits per heavy atom. The van der Waals surface area contributed by atoms with E-state index in [-0.39, 0.29) is 36.1 Å². The molecule has 0 aliphatic carbocycles. The first-order chi connectivity index (χ1) is 29.0. The fraction of sp³-hybridized carbons (Fsp3) is 0.163. The van der Waals surface area contributed by atoms with Gasteiger partial charge in [0, 0.05) is 23.2 Å². The van der Waals surface area contributed by atoms with Gasteiger partial charge in [-0.15, -0.1) is 0 Å². The lowest BCUT2D eigenvalue weighted by molar-refractivity contribution is -0.140. The zero-order chi connectivity index (χ0) is 44.1. The number of aromatic nitrogens is 4. The summed E-state index contributed by atoms with van der Waals surface area (Å²) in [5.41, 5.74) is -1.76. The third-order valence-electron chi connectivity index (χ3n) is 8.89. The van der Waals surface area contributed by atoms with Crippen molar-refractivity contribution in [1.82, 2.24) is 19.9 Å². The first-order valence-corrected chi connectivity index (χ1v) is 17.8. The smallest absolute Gasteiger partial charge is 0.434 e. The average Bonchev–Trinajstić information content (AvgIpc) is 3.23. The van der Waals surface area contributed by atoms with Gasteiger partial charge in [-0.05, 0) is 77.1 Å². The number of carbonyl (C=O) groups excluding carboxylic acids is 2. The minimum atomic E-state index is -4.88. The first-order valence-electron chi connectivity index (χ1n) is 17.8. The van der Waals surface area contributed by atoms with Crippen molar-refractivity contribution >= 4 is 33.7 Å². The Kier molecular flexibility index (Phi) is 12.7. The normalized spacial score (nSPS) is 11.5.